The van der Waals surface area contributed by atoms with Gasteiger partial charge in [0, 0.05) is 37.3 Å². The number of carbonyl (C=O) groups is 1. The second kappa shape index (κ2) is 13.3. The van der Waals surface area contributed by atoms with E-state index in [1.165, 1.54) is 5.56 Å². The fourth-order valence-corrected chi connectivity index (χ4v) is 2.76. The van der Waals surface area contributed by atoms with Crippen LogP contribution < -0.4 is 20.7 Å². The molecule has 158 valence electrons. The Balaban J connectivity index is 0.00000420. The lowest BCUT2D eigenvalue weighted by molar-refractivity contribution is -0.116. The molecule has 0 fully saturated rings. The van der Waals surface area contributed by atoms with Crippen LogP contribution in [0.5, 0.6) is 5.75 Å². The highest BCUT2D eigenvalue weighted by atomic mass is 127. The maximum Gasteiger partial charge on any atom is 0.226 e. The third kappa shape index (κ3) is 8.49. The maximum absolute atomic E-state index is 12.1. The average Bonchev–Trinajstić information content (AvgIpc) is 2.70. The van der Waals surface area contributed by atoms with Gasteiger partial charge in [0.25, 0.3) is 0 Å². The van der Waals surface area contributed by atoms with Crippen LogP contribution in [0.4, 0.5) is 5.69 Å². The van der Waals surface area contributed by atoms with Gasteiger partial charge in [-0.05, 0) is 48.7 Å². The second-order valence-electron chi connectivity index (χ2n) is 6.23. The highest BCUT2D eigenvalue weighted by molar-refractivity contribution is 14.0. The molecular weight excluding hydrogens is 503 g/mol. The van der Waals surface area contributed by atoms with Crippen molar-refractivity contribution in [3.8, 4) is 5.75 Å². The Morgan fingerprint density at radius 1 is 1.10 bits per heavy atom. The first-order chi connectivity index (χ1) is 13.5. The lowest BCUT2D eigenvalue weighted by Crippen LogP contribution is -2.39. The molecule has 0 saturated heterocycles. The van der Waals surface area contributed by atoms with E-state index in [1.807, 2.05) is 43.3 Å². The van der Waals surface area contributed by atoms with Crippen molar-refractivity contribution in [2.24, 2.45) is 4.99 Å². The third-order valence-electron chi connectivity index (χ3n) is 4.28. The van der Waals surface area contributed by atoms with Crippen molar-refractivity contribution in [3.63, 3.8) is 0 Å². The Bertz CT molecular complexity index is 813. The van der Waals surface area contributed by atoms with Crippen molar-refractivity contribution in [2.75, 3.05) is 32.6 Å². The third-order valence-corrected chi connectivity index (χ3v) is 4.68. The van der Waals surface area contributed by atoms with Gasteiger partial charge in [-0.15, -0.1) is 24.0 Å². The minimum atomic E-state index is -0.0773. The Hall–Kier alpha value is -2.00. The minimum Gasteiger partial charge on any atom is -0.497 e. The number of methoxy groups -OCH3 is 1. The number of ether oxygens (including phenoxy) is 1. The van der Waals surface area contributed by atoms with Gasteiger partial charge in [0.2, 0.25) is 5.91 Å². The van der Waals surface area contributed by atoms with Gasteiger partial charge in [-0.1, -0.05) is 29.8 Å². The number of nitrogens with zero attached hydrogens (tertiary/aromatic N) is 1. The van der Waals surface area contributed by atoms with Crippen molar-refractivity contribution in [1.82, 2.24) is 10.6 Å². The van der Waals surface area contributed by atoms with Gasteiger partial charge >= 0.3 is 0 Å². The fourth-order valence-electron chi connectivity index (χ4n) is 2.59. The van der Waals surface area contributed by atoms with Crippen LogP contribution in [0.3, 0.4) is 0 Å². The molecule has 2 aromatic rings. The van der Waals surface area contributed by atoms with Gasteiger partial charge in [-0.25, -0.2) is 0 Å². The lowest BCUT2D eigenvalue weighted by Gasteiger charge is -2.13. The summed E-state index contributed by atoms with van der Waals surface area (Å²) in [6, 6.07) is 13.4. The molecule has 0 aliphatic carbocycles. The zero-order chi connectivity index (χ0) is 20.4. The molecule has 6 nitrogen and oxygen atoms in total. The molecular formula is C21H28ClIN4O2. The Labute approximate surface area is 194 Å². The van der Waals surface area contributed by atoms with E-state index in [1.54, 1.807) is 20.2 Å². The molecule has 0 aliphatic heterocycles. The number of guanidine groups is 1. The van der Waals surface area contributed by atoms with Crippen LogP contribution in [0.25, 0.3) is 0 Å². The van der Waals surface area contributed by atoms with Crippen molar-refractivity contribution in [1.29, 1.82) is 0 Å². The van der Waals surface area contributed by atoms with E-state index >= 15 is 0 Å². The van der Waals surface area contributed by atoms with Gasteiger partial charge in [0.05, 0.1) is 7.11 Å². The average molecular weight is 531 g/mol. The molecule has 2 rings (SSSR count). The molecule has 0 unspecified atom stereocenters. The number of hydrogen-bond acceptors (Lipinski definition) is 3. The van der Waals surface area contributed by atoms with E-state index in [-0.39, 0.29) is 29.9 Å². The van der Waals surface area contributed by atoms with Crippen LogP contribution in [-0.2, 0) is 11.2 Å². The summed E-state index contributed by atoms with van der Waals surface area (Å²) in [4.78, 5) is 16.3. The van der Waals surface area contributed by atoms with E-state index in [0.29, 0.717) is 23.9 Å². The summed E-state index contributed by atoms with van der Waals surface area (Å²) in [6.07, 6.45) is 1.18. The molecule has 0 heterocycles. The van der Waals surface area contributed by atoms with E-state index in [2.05, 4.69) is 20.9 Å². The number of halogens is 2. The largest absolute Gasteiger partial charge is 0.497 e. The summed E-state index contributed by atoms with van der Waals surface area (Å²) in [6.45, 7) is 3.10. The van der Waals surface area contributed by atoms with Crippen LogP contribution in [0.15, 0.2) is 47.5 Å². The van der Waals surface area contributed by atoms with E-state index < -0.39 is 0 Å². The normalized spacial score (nSPS) is 10.7. The standard InChI is InChI=1S/C21H27ClN4O2.HI/c1-15-18(22)5-4-6-19(15)26-20(27)12-14-25-21(23-2)24-13-11-16-7-9-17(28-3)10-8-16;/h4-10H,11-14H2,1-3H3,(H,26,27)(H2,23,24,25);1H. The summed E-state index contributed by atoms with van der Waals surface area (Å²) in [7, 11) is 3.36. The molecule has 8 heteroatoms. The SMILES string of the molecule is CN=C(NCCC(=O)Nc1cccc(Cl)c1C)NCCc1ccc(OC)cc1.I. The van der Waals surface area contributed by atoms with Gasteiger partial charge in [0.15, 0.2) is 5.96 Å². The highest BCUT2D eigenvalue weighted by Crippen LogP contribution is 2.22. The number of aliphatic imine (C=N–C) groups is 1. The summed E-state index contributed by atoms with van der Waals surface area (Å²) >= 11 is 6.08. The summed E-state index contributed by atoms with van der Waals surface area (Å²) in [5.41, 5.74) is 2.81. The molecule has 0 radical (unpaired) electrons. The zero-order valence-corrected chi connectivity index (χ0v) is 20.0. The molecule has 1 amide bonds. The predicted molar refractivity (Wildman–Crippen MR) is 131 cm³/mol. The van der Waals surface area contributed by atoms with E-state index in [0.717, 1.165) is 30.0 Å². The Kier molecular flexibility index (Phi) is 11.5. The fraction of sp³-hybridized carbons (Fsp3) is 0.333. The number of nitrogens with one attached hydrogen (secondary N) is 3. The first-order valence-corrected chi connectivity index (χ1v) is 9.53. The molecule has 0 bridgehead atoms. The van der Waals surface area contributed by atoms with Gasteiger partial charge in [0.1, 0.15) is 5.75 Å². The number of carbonyl (C=O) groups excluding carboxylic acids is 1. The number of amides is 1. The minimum absolute atomic E-state index is 0. The van der Waals surface area contributed by atoms with E-state index in [9.17, 15) is 4.79 Å². The molecule has 0 spiro atoms. The maximum atomic E-state index is 12.1. The highest BCUT2D eigenvalue weighted by Gasteiger charge is 2.07. The molecule has 0 aromatic heterocycles. The topological polar surface area (TPSA) is 74.8 Å². The summed E-state index contributed by atoms with van der Waals surface area (Å²) < 4.78 is 5.16. The van der Waals surface area contributed by atoms with Crippen LogP contribution in [0.2, 0.25) is 5.02 Å². The number of rotatable bonds is 8. The van der Waals surface area contributed by atoms with Gasteiger partial charge in [-0.3, -0.25) is 9.79 Å². The molecule has 0 aliphatic rings. The summed E-state index contributed by atoms with van der Waals surface area (Å²) in [5.74, 6) is 1.44. The second-order valence-corrected chi connectivity index (χ2v) is 6.64. The van der Waals surface area contributed by atoms with Crippen molar-refractivity contribution in [2.45, 2.75) is 19.8 Å². The van der Waals surface area contributed by atoms with Crippen LogP contribution >= 0.6 is 35.6 Å². The van der Waals surface area contributed by atoms with Crippen molar-refractivity contribution in [3.05, 3.63) is 58.6 Å². The van der Waals surface area contributed by atoms with Crippen molar-refractivity contribution >= 4 is 53.1 Å². The molecule has 3 N–H and O–H groups in total. The Morgan fingerprint density at radius 2 is 1.79 bits per heavy atom. The lowest BCUT2D eigenvalue weighted by atomic mass is 10.1. The molecule has 0 atom stereocenters. The van der Waals surface area contributed by atoms with Gasteiger partial charge < -0.3 is 20.7 Å². The van der Waals surface area contributed by atoms with Crippen LogP contribution in [-0.4, -0.2) is 39.1 Å². The van der Waals surface area contributed by atoms with Crippen LogP contribution in [0, 0.1) is 6.92 Å². The first-order valence-electron chi connectivity index (χ1n) is 9.16. The van der Waals surface area contributed by atoms with Crippen LogP contribution in [0.1, 0.15) is 17.5 Å². The number of anilines is 1. The summed E-state index contributed by atoms with van der Waals surface area (Å²) in [5, 5.41) is 9.91. The van der Waals surface area contributed by atoms with Crippen molar-refractivity contribution < 1.29 is 9.53 Å². The molecule has 0 saturated carbocycles. The Morgan fingerprint density at radius 3 is 2.45 bits per heavy atom. The number of hydrogen-bond donors (Lipinski definition) is 3. The smallest absolute Gasteiger partial charge is 0.226 e. The zero-order valence-electron chi connectivity index (χ0n) is 16.9. The number of benzene rings is 2. The predicted octanol–water partition coefficient (Wildman–Crippen LogP) is 4.01. The van der Waals surface area contributed by atoms with E-state index in [4.69, 9.17) is 16.3 Å². The molecule has 2 aromatic carbocycles. The monoisotopic (exact) mass is 530 g/mol. The quantitative estimate of drug-likeness (QED) is 0.274. The van der Waals surface area contributed by atoms with Gasteiger partial charge in [-0.2, -0.15) is 0 Å². The molecule has 29 heavy (non-hydrogen) atoms. The first kappa shape index (κ1) is 25.0.